The van der Waals surface area contributed by atoms with Crippen LogP contribution in [0.3, 0.4) is 0 Å². The summed E-state index contributed by atoms with van der Waals surface area (Å²) in [5.41, 5.74) is 0. The number of rotatable bonds is 16. The van der Waals surface area contributed by atoms with Crippen LogP contribution in [-0.2, 0) is 9.53 Å². The van der Waals surface area contributed by atoms with Crippen molar-refractivity contribution in [3.05, 3.63) is 0 Å². The molecule has 7 nitrogen and oxygen atoms in total. The standard InChI is InChI=1S/C22H43NO6/c1-2-3-4-5-6-7-8-9-10-11-12-13-14-15-18(25)23-19-21(27)20(26)17(16-24)29-22(19)28/h17,19-22,24,26-28H,2-16H2,1H3,(H,23,25)/t17-,19+,20-,21-,22+/m1/s1. The Balaban J connectivity index is 2.00. The van der Waals surface area contributed by atoms with Gasteiger partial charge >= 0.3 is 0 Å². The third-order valence-electron chi connectivity index (χ3n) is 5.74. The summed E-state index contributed by atoms with van der Waals surface area (Å²) in [5, 5.41) is 41.3. The molecule has 1 aliphatic heterocycles. The van der Waals surface area contributed by atoms with E-state index in [2.05, 4.69) is 12.2 Å². The average Bonchev–Trinajstić information content (AvgIpc) is 2.71. The Morgan fingerprint density at radius 1 is 0.793 bits per heavy atom. The second kappa shape index (κ2) is 16.0. The van der Waals surface area contributed by atoms with Crippen molar-refractivity contribution in [2.45, 2.75) is 127 Å². The molecule has 0 aliphatic carbocycles. The van der Waals surface area contributed by atoms with E-state index >= 15 is 0 Å². The molecule has 5 N–H and O–H groups in total. The molecule has 0 aromatic rings. The van der Waals surface area contributed by atoms with E-state index < -0.39 is 37.3 Å². The van der Waals surface area contributed by atoms with Crippen LogP contribution >= 0.6 is 0 Å². The lowest BCUT2D eigenvalue weighted by atomic mass is 9.97. The van der Waals surface area contributed by atoms with Crippen molar-refractivity contribution in [2.75, 3.05) is 6.61 Å². The molecule has 1 amide bonds. The molecule has 29 heavy (non-hydrogen) atoms. The Morgan fingerprint density at radius 3 is 1.76 bits per heavy atom. The molecule has 1 fully saturated rings. The van der Waals surface area contributed by atoms with Gasteiger partial charge in [0, 0.05) is 6.42 Å². The fourth-order valence-electron chi connectivity index (χ4n) is 3.81. The minimum atomic E-state index is -1.46. The summed E-state index contributed by atoms with van der Waals surface area (Å²) >= 11 is 0. The highest BCUT2D eigenvalue weighted by molar-refractivity contribution is 5.76. The Labute approximate surface area is 175 Å². The minimum Gasteiger partial charge on any atom is -0.394 e. The number of hydrogen-bond acceptors (Lipinski definition) is 6. The van der Waals surface area contributed by atoms with Crippen LogP contribution in [0.2, 0.25) is 0 Å². The normalized spacial score (nSPS) is 27.1. The molecule has 0 radical (unpaired) electrons. The molecule has 0 spiro atoms. The lowest BCUT2D eigenvalue weighted by Gasteiger charge is -2.40. The number of amides is 1. The second-order valence-electron chi connectivity index (χ2n) is 8.31. The number of ether oxygens (including phenoxy) is 1. The third-order valence-corrected chi connectivity index (χ3v) is 5.74. The van der Waals surface area contributed by atoms with E-state index in [-0.39, 0.29) is 5.91 Å². The SMILES string of the molecule is CCCCCCCCCCCCCCCC(=O)N[C@H]1[C@@H](O)[C@H](O)[C@@H](CO)O[C@@H]1O. The van der Waals surface area contributed by atoms with E-state index in [4.69, 9.17) is 9.84 Å². The summed E-state index contributed by atoms with van der Waals surface area (Å²) in [4.78, 5) is 12.0. The predicted molar refractivity (Wildman–Crippen MR) is 112 cm³/mol. The van der Waals surface area contributed by atoms with Crippen LogP contribution in [0.4, 0.5) is 0 Å². The topological polar surface area (TPSA) is 119 Å². The van der Waals surface area contributed by atoms with Gasteiger partial charge in [-0.05, 0) is 6.42 Å². The van der Waals surface area contributed by atoms with Gasteiger partial charge < -0.3 is 30.5 Å². The molecule has 0 saturated carbocycles. The van der Waals surface area contributed by atoms with Crippen molar-refractivity contribution in [1.82, 2.24) is 5.32 Å². The zero-order chi connectivity index (χ0) is 21.5. The molecule has 1 saturated heterocycles. The summed E-state index contributed by atoms with van der Waals surface area (Å²) in [6.07, 6.45) is 11.1. The Hall–Kier alpha value is -0.730. The van der Waals surface area contributed by atoms with Crippen molar-refractivity contribution in [2.24, 2.45) is 0 Å². The zero-order valence-corrected chi connectivity index (χ0v) is 18.1. The maximum Gasteiger partial charge on any atom is 0.220 e. The minimum absolute atomic E-state index is 0.283. The monoisotopic (exact) mass is 417 g/mol. The van der Waals surface area contributed by atoms with Gasteiger partial charge in [-0.1, -0.05) is 84.0 Å². The first-order valence-corrected chi connectivity index (χ1v) is 11.6. The van der Waals surface area contributed by atoms with E-state index in [1.807, 2.05) is 0 Å². The van der Waals surface area contributed by atoms with E-state index in [9.17, 15) is 20.1 Å². The van der Waals surface area contributed by atoms with Gasteiger partial charge in [-0.3, -0.25) is 4.79 Å². The van der Waals surface area contributed by atoms with Gasteiger partial charge in [-0.25, -0.2) is 0 Å². The molecule has 1 heterocycles. The fraction of sp³-hybridized carbons (Fsp3) is 0.955. The van der Waals surface area contributed by atoms with Gasteiger partial charge in [0.15, 0.2) is 6.29 Å². The highest BCUT2D eigenvalue weighted by atomic mass is 16.6. The maximum atomic E-state index is 12.0. The van der Waals surface area contributed by atoms with Crippen molar-refractivity contribution in [3.8, 4) is 0 Å². The molecule has 0 bridgehead atoms. The number of nitrogens with one attached hydrogen (secondary N) is 1. The molecular weight excluding hydrogens is 374 g/mol. The maximum absolute atomic E-state index is 12.0. The van der Waals surface area contributed by atoms with Crippen LogP contribution in [0.15, 0.2) is 0 Å². The summed E-state index contributed by atoms with van der Waals surface area (Å²) in [5.74, 6) is -0.283. The number of carbonyl (C=O) groups is 1. The molecule has 5 atom stereocenters. The van der Waals surface area contributed by atoms with Crippen LogP contribution in [0.25, 0.3) is 0 Å². The lowest BCUT2D eigenvalue weighted by Crippen LogP contribution is -2.64. The Bertz CT molecular complexity index is 422. The highest BCUT2D eigenvalue weighted by Gasteiger charge is 2.44. The number of unbranched alkanes of at least 4 members (excludes halogenated alkanes) is 12. The van der Waals surface area contributed by atoms with Crippen LogP contribution < -0.4 is 5.32 Å². The van der Waals surface area contributed by atoms with E-state index in [0.717, 1.165) is 19.3 Å². The van der Waals surface area contributed by atoms with Crippen LogP contribution in [0.5, 0.6) is 0 Å². The molecule has 1 rings (SSSR count). The van der Waals surface area contributed by atoms with Crippen molar-refractivity contribution < 1.29 is 30.0 Å². The Kier molecular flexibility index (Phi) is 14.5. The van der Waals surface area contributed by atoms with Gasteiger partial charge in [-0.2, -0.15) is 0 Å². The summed E-state index contributed by atoms with van der Waals surface area (Å²) < 4.78 is 5.03. The first-order chi connectivity index (χ1) is 14.0. The van der Waals surface area contributed by atoms with Crippen molar-refractivity contribution in [3.63, 3.8) is 0 Å². The van der Waals surface area contributed by atoms with Gasteiger partial charge in [0.25, 0.3) is 0 Å². The largest absolute Gasteiger partial charge is 0.394 e. The quantitative estimate of drug-likeness (QED) is 0.246. The van der Waals surface area contributed by atoms with Crippen molar-refractivity contribution >= 4 is 5.91 Å². The van der Waals surface area contributed by atoms with E-state index in [1.165, 1.54) is 64.2 Å². The van der Waals surface area contributed by atoms with Gasteiger partial charge in [0.05, 0.1) is 6.61 Å². The smallest absolute Gasteiger partial charge is 0.220 e. The predicted octanol–water partition coefficient (Wildman–Crippen LogP) is 2.38. The first-order valence-electron chi connectivity index (χ1n) is 11.6. The number of aliphatic hydroxyl groups excluding tert-OH is 4. The van der Waals surface area contributed by atoms with E-state index in [1.54, 1.807) is 0 Å². The molecule has 0 aromatic carbocycles. The molecule has 0 unspecified atom stereocenters. The van der Waals surface area contributed by atoms with Gasteiger partial charge in [0.1, 0.15) is 24.4 Å². The lowest BCUT2D eigenvalue weighted by molar-refractivity contribution is -0.253. The van der Waals surface area contributed by atoms with Gasteiger partial charge in [0.2, 0.25) is 5.91 Å². The second-order valence-corrected chi connectivity index (χ2v) is 8.31. The van der Waals surface area contributed by atoms with Gasteiger partial charge in [-0.15, -0.1) is 0 Å². The highest BCUT2D eigenvalue weighted by Crippen LogP contribution is 2.20. The Morgan fingerprint density at radius 2 is 1.28 bits per heavy atom. The molecule has 0 aromatic heterocycles. The fourth-order valence-corrected chi connectivity index (χ4v) is 3.81. The van der Waals surface area contributed by atoms with Crippen LogP contribution in [0.1, 0.15) is 96.8 Å². The average molecular weight is 418 g/mol. The summed E-state index contributed by atoms with van der Waals surface area (Å²) in [6, 6.07) is -1.10. The number of hydrogen-bond donors (Lipinski definition) is 5. The van der Waals surface area contributed by atoms with Crippen LogP contribution in [-0.4, -0.2) is 63.6 Å². The summed E-state index contributed by atoms with van der Waals surface area (Å²) in [7, 11) is 0. The molecule has 172 valence electrons. The van der Waals surface area contributed by atoms with E-state index in [0.29, 0.717) is 6.42 Å². The third kappa shape index (κ3) is 10.7. The number of aliphatic hydroxyl groups is 4. The first kappa shape index (κ1) is 26.3. The number of carbonyl (C=O) groups excluding carboxylic acids is 1. The van der Waals surface area contributed by atoms with Crippen molar-refractivity contribution in [1.29, 1.82) is 0 Å². The van der Waals surface area contributed by atoms with Crippen LogP contribution in [0, 0.1) is 0 Å². The molecule has 7 heteroatoms. The molecule has 1 aliphatic rings. The zero-order valence-electron chi connectivity index (χ0n) is 18.1. The summed E-state index contributed by atoms with van der Waals surface area (Å²) in [6.45, 7) is 1.72. The molecular formula is C22H43NO6.